The highest BCUT2D eigenvalue weighted by molar-refractivity contribution is 4.96. The van der Waals surface area contributed by atoms with Gasteiger partial charge in [-0.05, 0) is 50.9 Å². The lowest BCUT2D eigenvalue weighted by molar-refractivity contribution is 0.213. The Morgan fingerprint density at radius 3 is 2.60 bits per heavy atom. The van der Waals surface area contributed by atoms with Gasteiger partial charge in [-0.1, -0.05) is 27.2 Å². The lowest BCUT2D eigenvalue weighted by Crippen LogP contribution is -2.31. The second kappa shape index (κ2) is 6.30. The average molecular weight is 278 g/mol. The molecule has 3 heteroatoms. The van der Waals surface area contributed by atoms with E-state index in [1.165, 1.54) is 32.1 Å². The number of aromatic nitrogens is 1. The van der Waals surface area contributed by atoms with E-state index in [4.69, 9.17) is 4.42 Å². The molecule has 114 valence electrons. The van der Waals surface area contributed by atoms with Crippen molar-refractivity contribution in [1.82, 2.24) is 10.3 Å². The first-order chi connectivity index (χ1) is 9.36. The fraction of sp³-hybridized carbons (Fsp3) is 0.824. The number of nitrogens with zero attached hydrogens (tertiary/aromatic N) is 1. The lowest BCUT2D eigenvalue weighted by Gasteiger charge is -2.29. The van der Waals surface area contributed by atoms with Crippen LogP contribution in [0.1, 0.15) is 77.5 Å². The summed E-state index contributed by atoms with van der Waals surface area (Å²) in [4.78, 5) is 4.33. The van der Waals surface area contributed by atoms with Crippen LogP contribution in [0.4, 0.5) is 0 Å². The maximum atomic E-state index is 5.62. The number of hydrogen-bond acceptors (Lipinski definition) is 3. The molecule has 0 radical (unpaired) electrons. The largest absolute Gasteiger partial charge is 0.444 e. The third-order valence-corrected chi connectivity index (χ3v) is 4.69. The van der Waals surface area contributed by atoms with Gasteiger partial charge in [0.15, 0.2) is 0 Å². The molecule has 3 nitrogen and oxygen atoms in total. The van der Waals surface area contributed by atoms with Crippen LogP contribution in [0.15, 0.2) is 10.6 Å². The predicted molar refractivity (Wildman–Crippen MR) is 82.6 cm³/mol. The minimum Gasteiger partial charge on any atom is -0.444 e. The molecule has 1 saturated carbocycles. The Labute approximate surface area is 123 Å². The molecule has 0 amide bonds. The van der Waals surface area contributed by atoms with Crippen molar-refractivity contribution in [1.29, 1.82) is 0 Å². The van der Waals surface area contributed by atoms with E-state index in [1.807, 2.05) is 6.92 Å². The van der Waals surface area contributed by atoms with Gasteiger partial charge in [-0.25, -0.2) is 4.98 Å². The summed E-state index contributed by atoms with van der Waals surface area (Å²) in [5.41, 5.74) is 0.445. The van der Waals surface area contributed by atoms with Crippen LogP contribution < -0.4 is 5.32 Å². The molecule has 1 aromatic rings. The van der Waals surface area contributed by atoms with Crippen LogP contribution >= 0.6 is 0 Å². The van der Waals surface area contributed by atoms with Crippen molar-refractivity contribution in [2.75, 3.05) is 0 Å². The van der Waals surface area contributed by atoms with E-state index < -0.39 is 0 Å². The molecule has 0 aromatic carbocycles. The normalized spacial score (nSPS) is 26.2. The van der Waals surface area contributed by atoms with E-state index in [0.29, 0.717) is 11.5 Å². The number of rotatable bonds is 3. The smallest absolute Gasteiger partial charge is 0.211 e. The van der Waals surface area contributed by atoms with Crippen LogP contribution in [0.25, 0.3) is 0 Å². The summed E-state index contributed by atoms with van der Waals surface area (Å²) >= 11 is 0. The first-order valence-corrected chi connectivity index (χ1v) is 8.04. The number of oxazole rings is 1. The van der Waals surface area contributed by atoms with Crippen LogP contribution in [0.3, 0.4) is 0 Å². The zero-order valence-electron chi connectivity index (χ0n) is 13.7. The summed E-state index contributed by atoms with van der Waals surface area (Å²) in [7, 11) is 0. The van der Waals surface area contributed by atoms with E-state index in [-0.39, 0.29) is 6.04 Å². The van der Waals surface area contributed by atoms with Crippen molar-refractivity contribution >= 4 is 0 Å². The fourth-order valence-electron chi connectivity index (χ4n) is 3.33. The Kier molecular flexibility index (Phi) is 4.90. The van der Waals surface area contributed by atoms with Crippen molar-refractivity contribution in [2.45, 2.75) is 78.8 Å². The van der Waals surface area contributed by atoms with Crippen LogP contribution in [0.5, 0.6) is 0 Å². The Hall–Kier alpha value is -0.830. The third kappa shape index (κ3) is 4.08. The molecule has 0 spiro atoms. The van der Waals surface area contributed by atoms with Gasteiger partial charge < -0.3 is 9.73 Å². The Balaban J connectivity index is 1.88. The second-order valence-corrected chi connectivity index (χ2v) is 7.47. The summed E-state index contributed by atoms with van der Waals surface area (Å²) in [5.74, 6) is 2.56. The number of aryl methyl sites for hydroxylation is 1. The summed E-state index contributed by atoms with van der Waals surface area (Å²) in [6, 6.07) is 0.810. The van der Waals surface area contributed by atoms with Crippen molar-refractivity contribution in [3.63, 3.8) is 0 Å². The summed E-state index contributed by atoms with van der Waals surface area (Å²) in [6.45, 7) is 11.2. The molecule has 0 saturated heterocycles. The van der Waals surface area contributed by atoms with Crippen LogP contribution in [-0.2, 0) is 0 Å². The van der Waals surface area contributed by atoms with Gasteiger partial charge in [0.05, 0.1) is 12.2 Å². The molecule has 2 rings (SSSR count). The van der Waals surface area contributed by atoms with E-state index >= 15 is 0 Å². The van der Waals surface area contributed by atoms with Crippen molar-refractivity contribution in [3.8, 4) is 0 Å². The Morgan fingerprint density at radius 2 is 2.00 bits per heavy atom. The molecule has 0 bridgehead atoms. The van der Waals surface area contributed by atoms with Gasteiger partial charge in [-0.15, -0.1) is 0 Å². The molecule has 1 heterocycles. The molecule has 1 fully saturated rings. The molecule has 1 aliphatic carbocycles. The number of hydrogen-bond donors (Lipinski definition) is 1. The SMILES string of the molecule is Cc1cnc(C(C)NC2CCCC(C(C)(C)C)CC2)o1. The van der Waals surface area contributed by atoms with Crippen LogP contribution in [0.2, 0.25) is 0 Å². The molecule has 3 unspecified atom stereocenters. The molecular weight excluding hydrogens is 248 g/mol. The maximum Gasteiger partial charge on any atom is 0.211 e. The average Bonchev–Trinajstić information content (AvgIpc) is 2.64. The maximum absolute atomic E-state index is 5.62. The minimum absolute atomic E-state index is 0.208. The number of nitrogens with one attached hydrogen (secondary N) is 1. The molecule has 3 atom stereocenters. The molecule has 1 N–H and O–H groups in total. The second-order valence-electron chi connectivity index (χ2n) is 7.47. The van der Waals surface area contributed by atoms with Gasteiger partial charge in [0.25, 0.3) is 0 Å². The standard InChI is InChI=1S/C17H30N2O/c1-12-11-18-16(20-12)13(2)19-15-8-6-7-14(9-10-15)17(3,4)5/h11,13-15,19H,6-10H2,1-5H3. The van der Waals surface area contributed by atoms with Crippen molar-refractivity contribution in [2.24, 2.45) is 11.3 Å². The Bertz CT molecular complexity index is 419. The predicted octanol–water partition coefficient (Wildman–Crippen LogP) is 4.63. The van der Waals surface area contributed by atoms with E-state index in [9.17, 15) is 0 Å². The highest BCUT2D eigenvalue weighted by Crippen LogP contribution is 2.37. The topological polar surface area (TPSA) is 38.1 Å². The van der Waals surface area contributed by atoms with E-state index in [0.717, 1.165) is 17.6 Å². The van der Waals surface area contributed by atoms with Crippen molar-refractivity contribution in [3.05, 3.63) is 17.8 Å². The van der Waals surface area contributed by atoms with Gasteiger partial charge in [0.1, 0.15) is 5.76 Å². The zero-order valence-corrected chi connectivity index (χ0v) is 13.7. The molecular formula is C17H30N2O. The zero-order chi connectivity index (χ0) is 14.8. The van der Waals surface area contributed by atoms with Gasteiger partial charge in [-0.3, -0.25) is 0 Å². The van der Waals surface area contributed by atoms with Crippen LogP contribution in [0, 0.1) is 18.3 Å². The van der Waals surface area contributed by atoms with Gasteiger partial charge in [0.2, 0.25) is 5.89 Å². The summed E-state index contributed by atoms with van der Waals surface area (Å²) < 4.78 is 5.62. The molecule has 1 aliphatic rings. The van der Waals surface area contributed by atoms with E-state index in [1.54, 1.807) is 6.20 Å². The third-order valence-electron chi connectivity index (χ3n) is 4.69. The highest BCUT2D eigenvalue weighted by Gasteiger charge is 2.28. The van der Waals surface area contributed by atoms with Gasteiger partial charge in [-0.2, -0.15) is 0 Å². The van der Waals surface area contributed by atoms with Crippen LogP contribution in [-0.4, -0.2) is 11.0 Å². The highest BCUT2D eigenvalue weighted by atomic mass is 16.4. The quantitative estimate of drug-likeness (QED) is 0.819. The monoisotopic (exact) mass is 278 g/mol. The molecule has 1 aromatic heterocycles. The first-order valence-electron chi connectivity index (χ1n) is 8.04. The molecule has 20 heavy (non-hydrogen) atoms. The van der Waals surface area contributed by atoms with Gasteiger partial charge >= 0.3 is 0 Å². The fourth-order valence-corrected chi connectivity index (χ4v) is 3.33. The summed E-state index contributed by atoms with van der Waals surface area (Å²) in [5, 5.41) is 3.70. The first kappa shape index (κ1) is 15.6. The summed E-state index contributed by atoms with van der Waals surface area (Å²) in [6.07, 6.45) is 8.38. The van der Waals surface area contributed by atoms with Crippen molar-refractivity contribution < 1.29 is 4.42 Å². The Morgan fingerprint density at radius 1 is 1.25 bits per heavy atom. The van der Waals surface area contributed by atoms with Gasteiger partial charge in [0, 0.05) is 6.04 Å². The molecule has 0 aliphatic heterocycles. The van der Waals surface area contributed by atoms with E-state index in [2.05, 4.69) is 38.0 Å². The minimum atomic E-state index is 0.208. The lowest BCUT2D eigenvalue weighted by atomic mass is 9.76.